The Bertz CT molecular complexity index is 617. The molecule has 1 heterocycles. The smallest absolute Gasteiger partial charge is 0.315 e. The number of ether oxygens (including phenoxy) is 1. The molecule has 122 valence electrons. The molecule has 0 fully saturated rings. The van der Waals surface area contributed by atoms with Gasteiger partial charge in [0.2, 0.25) is 0 Å². The number of hydrogen-bond acceptors (Lipinski definition) is 3. The quantitative estimate of drug-likeness (QED) is 0.826. The SMILES string of the molecule is COc1cccc(C[C@@H](C)NC(=O)NCCc2cccnc2)c1. The number of pyridine rings is 1. The molecule has 0 aliphatic heterocycles. The molecule has 2 aromatic rings. The number of nitrogens with zero attached hydrogens (tertiary/aromatic N) is 1. The van der Waals surface area contributed by atoms with Crippen LogP contribution in [-0.4, -0.2) is 30.7 Å². The average Bonchev–Trinajstić information content (AvgIpc) is 2.56. The lowest BCUT2D eigenvalue weighted by atomic mass is 10.1. The van der Waals surface area contributed by atoms with Gasteiger partial charge < -0.3 is 15.4 Å². The van der Waals surface area contributed by atoms with Crippen molar-refractivity contribution < 1.29 is 9.53 Å². The Morgan fingerprint density at radius 1 is 1.26 bits per heavy atom. The maximum Gasteiger partial charge on any atom is 0.315 e. The van der Waals surface area contributed by atoms with Gasteiger partial charge in [0.15, 0.2) is 0 Å². The first kappa shape index (κ1) is 16.8. The second kappa shape index (κ2) is 8.78. The van der Waals surface area contributed by atoms with E-state index in [0.717, 1.165) is 29.7 Å². The Kier molecular flexibility index (Phi) is 6.41. The van der Waals surface area contributed by atoms with Crippen LogP contribution in [0, 0.1) is 0 Å². The summed E-state index contributed by atoms with van der Waals surface area (Å²) >= 11 is 0. The molecule has 1 atom stereocenters. The van der Waals surface area contributed by atoms with Crippen LogP contribution in [0.4, 0.5) is 4.79 Å². The highest BCUT2D eigenvalue weighted by Crippen LogP contribution is 2.13. The van der Waals surface area contributed by atoms with E-state index in [1.165, 1.54) is 0 Å². The zero-order chi connectivity index (χ0) is 16.5. The third-order valence-electron chi connectivity index (χ3n) is 3.48. The summed E-state index contributed by atoms with van der Waals surface area (Å²) < 4.78 is 5.21. The number of nitrogens with one attached hydrogen (secondary N) is 2. The van der Waals surface area contributed by atoms with Gasteiger partial charge >= 0.3 is 6.03 Å². The molecule has 0 aliphatic rings. The monoisotopic (exact) mass is 313 g/mol. The highest BCUT2D eigenvalue weighted by atomic mass is 16.5. The second-order valence-corrected chi connectivity index (χ2v) is 5.47. The van der Waals surface area contributed by atoms with E-state index in [-0.39, 0.29) is 12.1 Å². The van der Waals surface area contributed by atoms with Crippen molar-refractivity contribution in [2.24, 2.45) is 0 Å². The minimum absolute atomic E-state index is 0.0421. The van der Waals surface area contributed by atoms with Gasteiger partial charge in [0, 0.05) is 25.0 Å². The molecule has 5 heteroatoms. The van der Waals surface area contributed by atoms with Crippen LogP contribution in [0.2, 0.25) is 0 Å². The lowest BCUT2D eigenvalue weighted by Gasteiger charge is -2.15. The second-order valence-electron chi connectivity index (χ2n) is 5.47. The van der Waals surface area contributed by atoms with Crippen molar-refractivity contribution in [1.29, 1.82) is 0 Å². The topological polar surface area (TPSA) is 63.2 Å². The number of carbonyl (C=O) groups is 1. The standard InChI is InChI=1S/C18H23N3O2/c1-14(11-16-5-3-7-17(12-16)23-2)21-18(22)20-10-8-15-6-4-9-19-13-15/h3-7,9,12-14H,8,10-11H2,1-2H3,(H2,20,21,22)/t14-/m1/s1. The fourth-order valence-corrected chi connectivity index (χ4v) is 2.35. The van der Waals surface area contributed by atoms with Gasteiger partial charge in [0.1, 0.15) is 5.75 Å². The van der Waals surface area contributed by atoms with Crippen LogP contribution in [-0.2, 0) is 12.8 Å². The molecular weight excluding hydrogens is 290 g/mol. The van der Waals surface area contributed by atoms with E-state index >= 15 is 0 Å². The summed E-state index contributed by atoms with van der Waals surface area (Å²) in [4.78, 5) is 15.9. The van der Waals surface area contributed by atoms with E-state index < -0.39 is 0 Å². The molecule has 2 N–H and O–H groups in total. The zero-order valence-electron chi connectivity index (χ0n) is 13.6. The van der Waals surface area contributed by atoms with E-state index in [1.54, 1.807) is 13.3 Å². The van der Waals surface area contributed by atoms with Crippen LogP contribution in [0.15, 0.2) is 48.8 Å². The van der Waals surface area contributed by atoms with Gasteiger partial charge in [0.05, 0.1) is 7.11 Å². The molecule has 0 radical (unpaired) electrons. The number of amides is 2. The van der Waals surface area contributed by atoms with Crippen LogP contribution < -0.4 is 15.4 Å². The Morgan fingerprint density at radius 3 is 2.83 bits per heavy atom. The van der Waals surface area contributed by atoms with Gasteiger partial charge in [-0.1, -0.05) is 18.2 Å². The maximum atomic E-state index is 11.9. The molecule has 2 rings (SSSR count). The summed E-state index contributed by atoms with van der Waals surface area (Å²) in [7, 11) is 1.65. The van der Waals surface area contributed by atoms with Crippen molar-refractivity contribution in [3.8, 4) is 5.75 Å². The molecule has 0 aliphatic carbocycles. The Labute approximate surface area is 137 Å². The molecule has 0 saturated heterocycles. The normalized spacial score (nSPS) is 11.6. The van der Waals surface area contributed by atoms with Crippen LogP contribution in [0.3, 0.4) is 0 Å². The number of urea groups is 1. The van der Waals surface area contributed by atoms with Crippen molar-refractivity contribution >= 4 is 6.03 Å². The van der Waals surface area contributed by atoms with E-state index in [2.05, 4.69) is 15.6 Å². The number of rotatable bonds is 7. The first-order valence-corrected chi connectivity index (χ1v) is 7.73. The van der Waals surface area contributed by atoms with Crippen molar-refractivity contribution in [3.63, 3.8) is 0 Å². The summed E-state index contributed by atoms with van der Waals surface area (Å²) in [6, 6.07) is 11.7. The fourth-order valence-electron chi connectivity index (χ4n) is 2.35. The highest BCUT2D eigenvalue weighted by Gasteiger charge is 2.08. The van der Waals surface area contributed by atoms with Gasteiger partial charge in [-0.05, 0) is 49.1 Å². The third-order valence-corrected chi connectivity index (χ3v) is 3.48. The van der Waals surface area contributed by atoms with Crippen molar-refractivity contribution in [2.75, 3.05) is 13.7 Å². The molecule has 23 heavy (non-hydrogen) atoms. The number of hydrogen-bond donors (Lipinski definition) is 2. The Morgan fingerprint density at radius 2 is 2.09 bits per heavy atom. The van der Waals surface area contributed by atoms with E-state index in [1.807, 2.05) is 49.5 Å². The van der Waals surface area contributed by atoms with Gasteiger partial charge in [0.25, 0.3) is 0 Å². The molecule has 0 saturated carbocycles. The van der Waals surface area contributed by atoms with E-state index in [4.69, 9.17) is 4.74 Å². The molecule has 1 aromatic carbocycles. The zero-order valence-corrected chi connectivity index (χ0v) is 13.6. The first-order valence-electron chi connectivity index (χ1n) is 7.73. The maximum absolute atomic E-state index is 11.9. The van der Waals surface area contributed by atoms with E-state index in [0.29, 0.717) is 6.54 Å². The largest absolute Gasteiger partial charge is 0.497 e. The minimum atomic E-state index is -0.149. The van der Waals surface area contributed by atoms with E-state index in [9.17, 15) is 4.79 Å². The molecule has 0 spiro atoms. The average molecular weight is 313 g/mol. The minimum Gasteiger partial charge on any atom is -0.497 e. The van der Waals surface area contributed by atoms with Gasteiger partial charge in [-0.25, -0.2) is 4.79 Å². The molecule has 0 unspecified atom stereocenters. The Balaban J connectivity index is 1.71. The van der Waals surface area contributed by atoms with Gasteiger partial charge in [-0.3, -0.25) is 4.98 Å². The van der Waals surface area contributed by atoms with Gasteiger partial charge in [-0.15, -0.1) is 0 Å². The van der Waals surface area contributed by atoms with Crippen molar-refractivity contribution in [3.05, 3.63) is 59.9 Å². The first-order chi connectivity index (χ1) is 11.2. The molecular formula is C18H23N3O2. The summed E-state index contributed by atoms with van der Waals surface area (Å²) in [5.41, 5.74) is 2.24. The summed E-state index contributed by atoms with van der Waals surface area (Å²) in [6.07, 6.45) is 5.08. The lowest BCUT2D eigenvalue weighted by Crippen LogP contribution is -2.42. The molecule has 2 amide bonds. The Hall–Kier alpha value is -2.56. The predicted molar refractivity (Wildman–Crippen MR) is 90.6 cm³/mol. The predicted octanol–water partition coefficient (Wildman–Crippen LogP) is 2.56. The molecule has 5 nitrogen and oxygen atoms in total. The van der Waals surface area contributed by atoms with Gasteiger partial charge in [-0.2, -0.15) is 0 Å². The van der Waals surface area contributed by atoms with Crippen molar-refractivity contribution in [1.82, 2.24) is 15.6 Å². The van der Waals surface area contributed by atoms with Crippen LogP contribution in [0.25, 0.3) is 0 Å². The molecule has 1 aromatic heterocycles. The third kappa shape index (κ3) is 5.98. The van der Waals surface area contributed by atoms with Crippen molar-refractivity contribution in [2.45, 2.75) is 25.8 Å². The number of carbonyl (C=O) groups excluding carboxylic acids is 1. The van der Waals surface area contributed by atoms with Crippen LogP contribution >= 0.6 is 0 Å². The fraction of sp³-hybridized carbons (Fsp3) is 0.333. The lowest BCUT2D eigenvalue weighted by molar-refractivity contribution is 0.238. The highest BCUT2D eigenvalue weighted by molar-refractivity contribution is 5.74. The van der Waals surface area contributed by atoms with Crippen LogP contribution in [0.5, 0.6) is 5.75 Å². The van der Waals surface area contributed by atoms with Crippen LogP contribution in [0.1, 0.15) is 18.1 Å². The number of methoxy groups -OCH3 is 1. The number of aromatic nitrogens is 1. The summed E-state index contributed by atoms with van der Waals surface area (Å²) in [5, 5.41) is 5.81. The molecule has 0 bridgehead atoms. The number of benzene rings is 1. The summed E-state index contributed by atoms with van der Waals surface area (Å²) in [6.45, 7) is 2.57. The summed E-state index contributed by atoms with van der Waals surface area (Å²) in [5.74, 6) is 0.829.